The number of allylic oxidation sites excluding steroid dienone is 1. The van der Waals surface area contributed by atoms with Gasteiger partial charge in [0.25, 0.3) is 0 Å². The Hall–Kier alpha value is -3.40. The van der Waals surface area contributed by atoms with Gasteiger partial charge in [-0.05, 0) is 35.6 Å². The van der Waals surface area contributed by atoms with E-state index in [4.69, 9.17) is 9.72 Å². The fourth-order valence-electron chi connectivity index (χ4n) is 5.12. The predicted octanol–water partition coefficient (Wildman–Crippen LogP) is 6.13. The van der Waals surface area contributed by atoms with Gasteiger partial charge in [-0.3, -0.25) is 9.78 Å². The minimum absolute atomic E-state index is 0.0817. The number of carbonyl (C=O) groups excluding carboxylic acids is 1. The number of rotatable bonds is 5. The Bertz CT molecular complexity index is 1360. The second-order valence-corrected chi connectivity index (χ2v) is 9.49. The highest BCUT2D eigenvalue weighted by atomic mass is 16.5. The molecule has 0 aliphatic heterocycles. The van der Waals surface area contributed by atoms with Crippen molar-refractivity contribution < 1.29 is 9.53 Å². The summed E-state index contributed by atoms with van der Waals surface area (Å²) >= 11 is 0. The van der Waals surface area contributed by atoms with E-state index >= 15 is 0 Å². The van der Waals surface area contributed by atoms with Crippen LogP contribution in [0.15, 0.2) is 61.2 Å². The topological polar surface area (TPSA) is 44.1 Å². The van der Waals surface area contributed by atoms with Gasteiger partial charge >= 0.3 is 0 Å². The molecular formula is C28H28N2O2. The number of aromatic nitrogens is 2. The molecule has 0 saturated heterocycles. The van der Waals surface area contributed by atoms with E-state index < -0.39 is 0 Å². The highest BCUT2D eigenvalue weighted by molar-refractivity contribution is 6.20. The lowest BCUT2D eigenvalue weighted by Gasteiger charge is -2.30. The van der Waals surface area contributed by atoms with E-state index in [2.05, 4.69) is 55.3 Å². The number of carbonyl (C=O) groups is 1. The summed E-state index contributed by atoms with van der Waals surface area (Å²) in [5.74, 6) is 1.04. The molecule has 2 aromatic heterocycles. The third-order valence-corrected chi connectivity index (χ3v) is 6.46. The van der Waals surface area contributed by atoms with Crippen LogP contribution in [0.3, 0.4) is 0 Å². The van der Waals surface area contributed by atoms with Crippen molar-refractivity contribution in [1.29, 1.82) is 0 Å². The predicted molar refractivity (Wildman–Crippen MR) is 130 cm³/mol. The van der Waals surface area contributed by atoms with E-state index in [9.17, 15) is 4.79 Å². The zero-order valence-corrected chi connectivity index (χ0v) is 18.9. The molecule has 2 aromatic carbocycles. The molecule has 2 heterocycles. The molecule has 32 heavy (non-hydrogen) atoms. The Kier molecular flexibility index (Phi) is 4.89. The van der Waals surface area contributed by atoms with Crippen molar-refractivity contribution in [2.75, 3.05) is 7.11 Å². The molecule has 1 aliphatic rings. The average molecular weight is 425 g/mol. The smallest absolute Gasteiger partial charge is 0.165 e. The van der Waals surface area contributed by atoms with Gasteiger partial charge in [0, 0.05) is 41.2 Å². The fourth-order valence-corrected chi connectivity index (χ4v) is 5.12. The maximum atomic E-state index is 13.4. The van der Waals surface area contributed by atoms with Crippen molar-refractivity contribution >= 4 is 27.6 Å². The second kappa shape index (κ2) is 7.63. The van der Waals surface area contributed by atoms with Crippen LogP contribution in [0.25, 0.3) is 21.8 Å². The van der Waals surface area contributed by atoms with E-state index in [-0.39, 0.29) is 11.2 Å². The van der Waals surface area contributed by atoms with Crippen LogP contribution in [-0.4, -0.2) is 22.4 Å². The molecular weight excluding hydrogens is 396 g/mol. The summed E-state index contributed by atoms with van der Waals surface area (Å²) < 4.78 is 7.58. The van der Waals surface area contributed by atoms with Crippen LogP contribution in [0, 0.1) is 5.41 Å². The zero-order chi connectivity index (χ0) is 22.5. The summed E-state index contributed by atoms with van der Waals surface area (Å²) in [6.07, 6.45) is 3.96. The lowest BCUT2D eigenvalue weighted by atomic mass is 9.74. The Balaban J connectivity index is 1.83. The maximum absolute atomic E-state index is 13.4. The average Bonchev–Trinajstić information content (AvgIpc) is 3.08. The quantitative estimate of drug-likeness (QED) is 0.362. The Morgan fingerprint density at radius 1 is 1.12 bits per heavy atom. The number of ether oxygens (including phenoxy) is 1. The normalized spacial score (nSPS) is 15.2. The Morgan fingerprint density at radius 3 is 2.59 bits per heavy atom. The van der Waals surface area contributed by atoms with Crippen molar-refractivity contribution in [2.45, 2.75) is 39.7 Å². The summed E-state index contributed by atoms with van der Waals surface area (Å²) in [4.78, 5) is 18.5. The summed E-state index contributed by atoms with van der Waals surface area (Å²) in [5.41, 5.74) is 6.01. The zero-order valence-electron chi connectivity index (χ0n) is 18.9. The highest BCUT2D eigenvalue weighted by Gasteiger charge is 2.35. The van der Waals surface area contributed by atoms with Gasteiger partial charge in [-0.1, -0.05) is 50.3 Å². The molecule has 4 aromatic rings. The van der Waals surface area contributed by atoms with Gasteiger partial charge in [0.2, 0.25) is 0 Å². The van der Waals surface area contributed by atoms with Gasteiger partial charge in [0.1, 0.15) is 5.75 Å². The fraction of sp³-hybridized carbons (Fsp3) is 0.286. The number of fused-ring (bicyclic) bond motifs is 5. The largest absolute Gasteiger partial charge is 0.497 e. The van der Waals surface area contributed by atoms with E-state index in [0.717, 1.165) is 56.5 Å². The monoisotopic (exact) mass is 424 g/mol. The summed E-state index contributed by atoms with van der Waals surface area (Å²) in [6, 6.07) is 16.5. The first-order chi connectivity index (χ1) is 15.4. The molecule has 0 fully saturated rings. The minimum Gasteiger partial charge on any atom is -0.497 e. The first kappa shape index (κ1) is 20.5. The van der Waals surface area contributed by atoms with Crippen molar-refractivity contribution in [3.05, 3.63) is 83.7 Å². The number of para-hydroxylation sites is 1. The SMILES string of the molecule is C=CCn1c2ccccc2c2c3c(nc(Cc4ccc(OC)cc4)c21)CC(C)(C)CC3=O. The number of pyridine rings is 1. The van der Waals surface area contributed by atoms with Crippen molar-refractivity contribution in [1.82, 2.24) is 9.55 Å². The first-order valence-electron chi connectivity index (χ1n) is 11.1. The summed E-state index contributed by atoms with van der Waals surface area (Å²) in [6.45, 7) is 8.96. The third-order valence-electron chi connectivity index (χ3n) is 6.46. The molecule has 0 radical (unpaired) electrons. The van der Waals surface area contributed by atoms with E-state index in [1.807, 2.05) is 24.3 Å². The van der Waals surface area contributed by atoms with Crippen LogP contribution in [0.2, 0.25) is 0 Å². The van der Waals surface area contributed by atoms with Crippen LogP contribution < -0.4 is 4.74 Å². The molecule has 0 spiro atoms. The van der Waals surface area contributed by atoms with E-state index in [1.54, 1.807) is 7.11 Å². The molecule has 0 unspecified atom stereocenters. The van der Waals surface area contributed by atoms with Crippen LogP contribution in [0.5, 0.6) is 5.75 Å². The number of benzene rings is 2. The van der Waals surface area contributed by atoms with Gasteiger partial charge in [-0.2, -0.15) is 0 Å². The minimum atomic E-state index is -0.0817. The van der Waals surface area contributed by atoms with Gasteiger partial charge in [0.05, 0.1) is 24.0 Å². The van der Waals surface area contributed by atoms with Gasteiger partial charge < -0.3 is 9.30 Å². The molecule has 0 saturated carbocycles. The number of hydrogen-bond donors (Lipinski definition) is 0. The second-order valence-electron chi connectivity index (χ2n) is 9.49. The summed E-state index contributed by atoms with van der Waals surface area (Å²) in [5, 5.41) is 2.17. The molecule has 1 aliphatic carbocycles. The van der Waals surface area contributed by atoms with Gasteiger partial charge in [0.15, 0.2) is 5.78 Å². The lowest BCUT2D eigenvalue weighted by molar-refractivity contribution is 0.0912. The van der Waals surface area contributed by atoms with Crippen LogP contribution in [0.1, 0.15) is 47.6 Å². The number of hydrogen-bond acceptors (Lipinski definition) is 3. The third kappa shape index (κ3) is 3.31. The van der Waals surface area contributed by atoms with E-state index in [0.29, 0.717) is 19.4 Å². The van der Waals surface area contributed by atoms with Gasteiger partial charge in [-0.15, -0.1) is 6.58 Å². The number of Topliss-reactive ketones (excluding diaryl/α,β-unsaturated/α-hetero) is 1. The van der Waals surface area contributed by atoms with E-state index in [1.165, 1.54) is 0 Å². The molecule has 162 valence electrons. The molecule has 4 heteroatoms. The number of ketones is 1. The van der Waals surface area contributed by atoms with Crippen LogP contribution >= 0.6 is 0 Å². The van der Waals surface area contributed by atoms with Crippen molar-refractivity contribution in [2.24, 2.45) is 5.41 Å². The summed E-state index contributed by atoms with van der Waals surface area (Å²) in [7, 11) is 1.68. The number of nitrogens with zero attached hydrogens (tertiary/aromatic N) is 2. The molecule has 5 rings (SSSR count). The molecule has 0 bridgehead atoms. The molecule has 0 atom stereocenters. The van der Waals surface area contributed by atoms with Crippen molar-refractivity contribution in [3.8, 4) is 5.75 Å². The van der Waals surface area contributed by atoms with Crippen LogP contribution in [-0.2, 0) is 19.4 Å². The van der Waals surface area contributed by atoms with Gasteiger partial charge in [-0.25, -0.2) is 0 Å². The standard InChI is InChI=1S/C28H28N2O2/c1-5-14-30-23-9-7-6-8-20(23)25-26-22(16-28(2,3)17-24(26)31)29-21(27(25)30)15-18-10-12-19(32-4)13-11-18/h5-13H,1,14-17H2,2-4H3. The first-order valence-corrected chi connectivity index (χ1v) is 11.1. The molecule has 0 amide bonds. The Morgan fingerprint density at radius 2 is 1.88 bits per heavy atom. The molecule has 4 nitrogen and oxygen atoms in total. The Labute approximate surface area is 188 Å². The highest BCUT2D eigenvalue weighted by Crippen LogP contribution is 2.41. The van der Waals surface area contributed by atoms with Crippen molar-refractivity contribution in [3.63, 3.8) is 0 Å². The maximum Gasteiger partial charge on any atom is 0.165 e. The molecule has 0 N–H and O–H groups in total. The lowest BCUT2D eigenvalue weighted by Crippen LogP contribution is -2.28. The number of methoxy groups -OCH3 is 1. The van der Waals surface area contributed by atoms with Crippen LogP contribution in [0.4, 0.5) is 0 Å².